The van der Waals surface area contributed by atoms with Gasteiger partial charge in [0.25, 0.3) is 0 Å². The van der Waals surface area contributed by atoms with Crippen molar-refractivity contribution in [2.45, 2.75) is 11.7 Å². The van der Waals surface area contributed by atoms with Gasteiger partial charge in [0.15, 0.2) is 5.82 Å². The van der Waals surface area contributed by atoms with Crippen LogP contribution in [0.2, 0.25) is 0 Å². The summed E-state index contributed by atoms with van der Waals surface area (Å²) in [5.74, 6) is 7.32. The van der Waals surface area contributed by atoms with Crippen molar-refractivity contribution in [3.8, 4) is 11.4 Å². The van der Waals surface area contributed by atoms with Crippen LogP contribution in [-0.4, -0.2) is 26.5 Å². The van der Waals surface area contributed by atoms with Gasteiger partial charge >= 0.3 is 0 Å². The number of rotatable bonds is 6. The van der Waals surface area contributed by atoms with Crippen molar-refractivity contribution in [1.29, 1.82) is 0 Å². The van der Waals surface area contributed by atoms with Crippen molar-refractivity contribution in [3.05, 3.63) is 52.9 Å². The van der Waals surface area contributed by atoms with Gasteiger partial charge in [0.2, 0.25) is 11.1 Å². The molecule has 0 fully saturated rings. The Morgan fingerprint density at radius 2 is 2.21 bits per heavy atom. The predicted molar refractivity (Wildman–Crippen MR) is 94.6 cm³/mol. The molecule has 0 aliphatic rings. The van der Waals surface area contributed by atoms with Crippen LogP contribution in [0.3, 0.4) is 0 Å². The molecule has 3 N–H and O–H groups in total. The number of amides is 1. The van der Waals surface area contributed by atoms with Gasteiger partial charge in [-0.25, -0.2) is 4.68 Å². The molecular weight excluding hydrogens is 394 g/mol. The van der Waals surface area contributed by atoms with Crippen LogP contribution in [0.4, 0.5) is 0 Å². The van der Waals surface area contributed by atoms with E-state index in [-0.39, 0.29) is 11.7 Å². The number of hydrogen-bond donors (Lipinski definition) is 2. The smallest absolute Gasteiger partial charge is 0.230 e. The summed E-state index contributed by atoms with van der Waals surface area (Å²) >= 11 is 4.63. The molecule has 1 amide bonds. The van der Waals surface area contributed by atoms with E-state index >= 15 is 0 Å². The molecule has 1 aromatic carbocycles. The van der Waals surface area contributed by atoms with E-state index in [1.807, 2.05) is 24.3 Å². The average molecular weight is 408 g/mol. The third-order valence-corrected chi connectivity index (χ3v) is 4.56. The van der Waals surface area contributed by atoms with Crippen LogP contribution in [0.5, 0.6) is 0 Å². The molecule has 0 saturated carbocycles. The third kappa shape index (κ3) is 3.98. The monoisotopic (exact) mass is 407 g/mol. The van der Waals surface area contributed by atoms with Gasteiger partial charge in [0.1, 0.15) is 5.76 Å². The zero-order valence-electron chi connectivity index (χ0n) is 12.5. The second kappa shape index (κ2) is 7.54. The topological polar surface area (TPSA) is 99.0 Å². The molecular formula is C15H14BrN5O2S. The van der Waals surface area contributed by atoms with Gasteiger partial charge in [-0.3, -0.25) is 4.79 Å². The van der Waals surface area contributed by atoms with E-state index in [0.717, 1.165) is 10.0 Å². The molecule has 124 valence electrons. The Hall–Kier alpha value is -2.26. The Morgan fingerprint density at radius 1 is 1.33 bits per heavy atom. The van der Waals surface area contributed by atoms with Gasteiger partial charge in [-0.1, -0.05) is 39.8 Å². The standard InChI is InChI=1S/C15H14BrN5O2S/c16-11-4-1-3-10(7-11)14-19-20-15(21(14)17)24-9-13(22)18-8-12-5-2-6-23-12/h1-7H,8-9,17H2,(H,18,22). The van der Waals surface area contributed by atoms with Crippen LogP contribution >= 0.6 is 27.7 Å². The van der Waals surface area contributed by atoms with Gasteiger partial charge in [-0.15, -0.1) is 10.2 Å². The molecule has 0 saturated heterocycles. The van der Waals surface area contributed by atoms with Crippen LogP contribution in [0.25, 0.3) is 11.4 Å². The first-order chi connectivity index (χ1) is 11.6. The minimum Gasteiger partial charge on any atom is -0.467 e. The summed E-state index contributed by atoms with van der Waals surface area (Å²) in [4.78, 5) is 11.9. The van der Waals surface area contributed by atoms with Crippen LogP contribution in [0, 0.1) is 0 Å². The second-order valence-corrected chi connectivity index (χ2v) is 6.69. The number of nitrogen functional groups attached to an aromatic ring is 1. The molecule has 0 aliphatic carbocycles. The van der Waals surface area contributed by atoms with Crippen molar-refractivity contribution in [2.24, 2.45) is 0 Å². The van der Waals surface area contributed by atoms with Crippen molar-refractivity contribution < 1.29 is 9.21 Å². The number of nitrogens with one attached hydrogen (secondary N) is 1. The fourth-order valence-corrected chi connectivity index (χ4v) is 3.07. The fraction of sp³-hybridized carbons (Fsp3) is 0.133. The SMILES string of the molecule is Nn1c(SCC(=O)NCc2ccco2)nnc1-c1cccc(Br)c1. The lowest BCUT2D eigenvalue weighted by atomic mass is 10.2. The van der Waals surface area contributed by atoms with Crippen molar-refractivity contribution in [1.82, 2.24) is 20.2 Å². The molecule has 0 unspecified atom stereocenters. The Bertz CT molecular complexity index is 834. The van der Waals surface area contributed by atoms with Crippen molar-refractivity contribution in [2.75, 3.05) is 11.6 Å². The number of carbonyl (C=O) groups is 1. The van der Waals surface area contributed by atoms with E-state index in [0.29, 0.717) is 23.3 Å². The van der Waals surface area contributed by atoms with Crippen LogP contribution in [0.15, 0.2) is 56.7 Å². The van der Waals surface area contributed by atoms with E-state index < -0.39 is 0 Å². The van der Waals surface area contributed by atoms with Gasteiger partial charge in [0, 0.05) is 10.0 Å². The average Bonchev–Trinajstić information content (AvgIpc) is 3.21. The first-order valence-electron chi connectivity index (χ1n) is 7.02. The molecule has 3 rings (SSSR count). The minimum atomic E-state index is -0.136. The summed E-state index contributed by atoms with van der Waals surface area (Å²) in [7, 11) is 0. The van der Waals surface area contributed by atoms with Crippen LogP contribution in [-0.2, 0) is 11.3 Å². The summed E-state index contributed by atoms with van der Waals surface area (Å²) in [5.41, 5.74) is 0.841. The number of nitrogens with zero attached hydrogens (tertiary/aromatic N) is 3. The lowest BCUT2D eigenvalue weighted by molar-refractivity contribution is -0.118. The zero-order valence-corrected chi connectivity index (χ0v) is 14.9. The number of carbonyl (C=O) groups excluding carboxylic acids is 1. The van der Waals surface area contributed by atoms with E-state index in [1.54, 1.807) is 18.4 Å². The Labute approximate surface area is 150 Å². The highest BCUT2D eigenvalue weighted by Gasteiger charge is 2.14. The van der Waals surface area contributed by atoms with E-state index in [2.05, 4.69) is 31.4 Å². The quantitative estimate of drug-likeness (QED) is 0.480. The Balaban J connectivity index is 1.59. The number of thioether (sulfide) groups is 1. The summed E-state index contributed by atoms with van der Waals surface area (Å²) in [5, 5.41) is 11.4. The molecule has 3 aromatic rings. The minimum absolute atomic E-state index is 0.136. The van der Waals surface area contributed by atoms with Crippen LogP contribution < -0.4 is 11.2 Å². The molecule has 0 aliphatic heterocycles. The van der Waals surface area contributed by atoms with E-state index in [4.69, 9.17) is 10.3 Å². The maximum absolute atomic E-state index is 11.9. The Morgan fingerprint density at radius 3 is 2.96 bits per heavy atom. The molecule has 2 heterocycles. The van der Waals surface area contributed by atoms with Crippen molar-refractivity contribution >= 4 is 33.6 Å². The fourth-order valence-electron chi connectivity index (χ4n) is 1.98. The molecule has 24 heavy (non-hydrogen) atoms. The van der Waals surface area contributed by atoms with E-state index in [1.165, 1.54) is 16.4 Å². The third-order valence-electron chi connectivity index (χ3n) is 3.12. The van der Waals surface area contributed by atoms with Gasteiger partial charge in [-0.2, -0.15) is 0 Å². The van der Waals surface area contributed by atoms with Crippen LogP contribution in [0.1, 0.15) is 5.76 Å². The van der Waals surface area contributed by atoms with Crippen molar-refractivity contribution in [3.63, 3.8) is 0 Å². The highest BCUT2D eigenvalue weighted by molar-refractivity contribution is 9.10. The summed E-state index contributed by atoms with van der Waals surface area (Å²) in [6.45, 7) is 0.352. The van der Waals surface area contributed by atoms with E-state index in [9.17, 15) is 4.79 Å². The molecule has 9 heteroatoms. The van der Waals surface area contributed by atoms with Gasteiger partial charge in [-0.05, 0) is 24.3 Å². The number of halogens is 1. The van der Waals surface area contributed by atoms with Gasteiger partial charge < -0.3 is 15.6 Å². The maximum Gasteiger partial charge on any atom is 0.230 e. The molecule has 0 bridgehead atoms. The first kappa shape index (κ1) is 16.6. The highest BCUT2D eigenvalue weighted by Crippen LogP contribution is 2.23. The predicted octanol–water partition coefficient (Wildman–Crippen LogP) is 2.42. The number of furan rings is 1. The first-order valence-corrected chi connectivity index (χ1v) is 8.79. The number of nitrogens with two attached hydrogens (primary N) is 1. The molecule has 0 atom stereocenters. The summed E-state index contributed by atoms with van der Waals surface area (Å²) < 4.78 is 7.46. The summed E-state index contributed by atoms with van der Waals surface area (Å²) in [6.07, 6.45) is 1.57. The normalized spacial score (nSPS) is 10.7. The second-order valence-electron chi connectivity index (χ2n) is 4.83. The number of hydrogen-bond acceptors (Lipinski definition) is 6. The highest BCUT2D eigenvalue weighted by atomic mass is 79.9. The lowest BCUT2D eigenvalue weighted by Crippen LogP contribution is -2.24. The maximum atomic E-state index is 11.9. The zero-order chi connectivity index (χ0) is 16.9. The lowest BCUT2D eigenvalue weighted by Gasteiger charge is -2.05. The molecule has 2 aromatic heterocycles. The largest absolute Gasteiger partial charge is 0.467 e. The number of aromatic nitrogens is 3. The van der Waals surface area contributed by atoms with Gasteiger partial charge in [0.05, 0.1) is 18.6 Å². The Kier molecular flexibility index (Phi) is 5.21. The molecule has 0 radical (unpaired) electrons. The summed E-state index contributed by atoms with van der Waals surface area (Å²) in [6, 6.07) is 11.2. The molecule has 0 spiro atoms. The number of benzene rings is 1. The molecule has 7 nitrogen and oxygen atoms in total.